The highest BCUT2D eigenvalue weighted by atomic mass is 127. The smallest absolute Gasteiger partial charge is 0.225 e. The highest BCUT2D eigenvalue weighted by Crippen LogP contribution is 2.12. The van der Waals surface area contributed by atoms with E-state index in [1.807, 2.05) is 18.2 Å². The average molecular weight is 558 g/mol. The molecule has 1 aliphatic heterocycles. The normalized spacial score (nSPS) is 14.8. The van der Waals surface area contributed by atoms with Gasteiger partial charge in [-0.25, -0.2) is 9.97 Å². The Hall–Kier alpha value is -1.65. The molecule has 0 saturated carbocycles. The van der Waals surface area contributed by atoms with Crippen molar-refractivity contribution in [2.45, 2.75) is 19.9 Å². The maximum absolute atomic E-state index is 5.99. The Labute approximate surface area is 207 Å². The number of aliphatic imine (C=N–C) groups is 1. The van der Waals surface area contributed by atoms with Crippen molar-refractivity contribution in [3.05, 3.63) is 53.3 Å². The molecule has 1 aromatic carbocycles. The van der Waals surface area contributed by atoms with E-state index in [4.69, 9.17) is 16.6 Å². The number of nitrogens with one attached hydrogen (secondary N) is 1. The number of benzene rings is 1. The first-order valence-electron chi connectivity index (χ1n) is 10.6. The van der Waals surface area contributed by atoms with E-state index < -0.39 is 0 Å². The predicted molar refractivity (Wildman–Crippen MR) is 140 cm³/mol. The molecule has 3 rings (SSSR count). The van der Waals surface area contributed by atoms with Gasteiger partial charge in [-0.1, -0.05) is 23.7 Å². The summed E-state index contributed by atoms with van der Waals surface area (Å²) in [5.41, 5.74) is 1.22. The summed E-state index contributed by atoms with van der Waals surface area (Å²) < 4.78 is 0. The maximum atomic E-state index is 5.99. The van der Waals surface area contributed by atoms with Gasteiger partial charge in [-0.2, -0.15) is 0 Å². The van der Waals surface area contributed by atoms with Crippen LogP contribution in [0.4, 0.5) is 5.95 Å². The standard InChI is InChI=1S/C22H32ClN7.HI/c1-3-24-21(28(2)18-19-6-8-20(23)9-7-19)25-12-5-13-29-14-16-30(17-15-29)22-26-10-4-11-27-22;/h4,6-11H,3,5,12-18H2,1-2H3,(H,24,25);1H. The molecular weight excluding hydrogens is 525 g/mol. The van der Waals surface area contributed by atoms with Crippen LogP contribution >= 0.6 is 35.6 Å². The molecule has 0 spiro atoms. The molecule has 1 N–H and O–H groups in total. The van der Waals surface area contributed by atoms with Gasteiger partial charge < -0.3 is 15.1 Å². The fourth-order valence-corrected chi connectivity index (χ4v) is 3.64. The number of hydrogen-bond acceptors (Lipinski definition) is 5. The van der Waals surface area contributed by atoms with Crippen molar-refractivity contribution in [3.8, 4) is 0 Å². The predicted octanol–water partition coefficient (Wildman–Crippen LogP) is 3.36. The molecule has 2 heterocycles. The number of aromatic nitrogens is 2. The molecule has 0 aliphatic carbocycles. The van der Waals surface area contributed by atoms with E-state index in [0.717, 1.165) is 75.7 Å². The summed E-state index contributed by atoms with van der Waals surface area (Å²) in [4.78, 5) is 20.4. The number of rotatable bonds is 8. The third kappa shape index (κ3) is 8.42. The van der Waals surface area contributed by atoms with Gasteiger partial charge in [0, 0.05) is 76.8 Å². The molecule has 0 amide bonds. The molecule has 1 aliphatic rings. The topological polar surface area (TPSA) is 59.9 Å². The van der Waals surface area contributed by atoms with Crippen LogP contribution in [0, 0.1) is 0 Å². The first-order chi connectivity index (χ1) is 14.7. The lowest BCUT2D eigenvalue weighted by molar-refractivity contribution is 0.255. The summed E-state index contributed by atoms with van der Waals surface area (Å²) >= 11 is 5.99. The second-order valence-corrected chi connectivity index (χ2v) is 7.89. The van der Waals surface area contributed by atoms with Gasteiger partial charge in [-0.3, -0.25) is 9.89 Å². The van der Waals surface area contributed by atoms with Crippen LogP contribution in [0.25, 0.3) is 0 Å². The minimum Gasteiger partial charge on any atom is -0.357 e. The number of nitrogens with zero attached hydrogens (tertiary/aromatic N) is 6. The summed E-state index contributed by atoms with van der Waals surface area (Å²) in [5.74, 6) is 1.78. The quantitative estimate of drug-likeness (QED) is 0.233. The van der Waals surface area contributed by atoms with Crippen LogP contribution in [0.5, 0.6) is 0 Å². The number of piperazine rings is 1. The number of halogens is 2. The van der Waals surface area contributed by atoms with E-state index in [0.29, 0.717) is 0 Å². The van der Waals surface area contributed by atoms with E-state index in [1.54, 1.807) is 12.4 Å². The van der Waals surface area contributed by atoms with E-state index in [2.05, 4.69) is 56.1 Å². The Morgan fingerprint density at radius 1 is 1.13 bits per heavy atom. The largest absolute Gasteiger partial charge is 0.357 e. The first kappa shape index (κ1) is 25.6. The lowest BCUT2D eigenvalue weighted by Crippen LogP contribution is -2.47. The van der Waals surface area contributed by atoms with Crippen LogP contribution in [0.2, 0.25) is 5.02 Å². The van der Waals surface area contributed by atoms with Crippen LogP contribution < -0.4 is 10.2 Å². The summed E-state index contributed by atoms with van der Waals surface area (Å²) in [7, 11) is 2.07. The lowest BCUT2D eigenvalue weighted by Gasteiger charge is -2.34. The minimum atomic E-state index is 0. The third-order valence-corrected chi connectivity index (χ3v) is 5.38. The fraction of sp³-hybridized carbons (Fsp3) is 0.500. The molecule has 9 heteroatoms. The highest BCUT2D eigenvalue weighted by Gasteiger charge is 2.18. The van der Waals surface area contributed by atoms with E-state index in [1.165, 1.54) is 5.56 Å². The average Bonchev–Trinajstić information content (AvgIpc) is 2.78. The Balaban J connectivity index is 0.00000341. The van der Waals surface area contributed by atoms with Gasteiger partial charge in [0.1, 0.15) is 0 Å². The van der Waals surface area contributed by atoms with Crippen molar-refractivity contribution < 1.29 is 0 Å². The zero-order chi connectivity index (χ0) is 21.2. The molecule has 0 bridgehead atoms. The first-order valence-corrected chi connectivity index (χ1v) is 11.0. The second-order valence-electron chi connectivity index (χ2n) is 7.45. The molecule has 1 aromatic heterocycles. The van der Waals surface area contributed by atoms with Crippen LogP contribution in [-0.4, -0.2) is 78.6 Å². The van der Waals surface area contributed by atoms with Crippen molar-refractivity contribution in [3.63, 3.8) is 0 Å². The Kier molecular flexibility index (Phi) is 11.3. The van der Waals surface area contributed by atoms with Gasteiger partial charge in [0.25, 0.3) is 0 Å². The number of anilines is 1. The molecule has 170 valence electrons. The van der Waals surface area contributed by atoms with Gasteiger partial charge in [-0.05, 0) is 37.1 Å². The van der Waals surface area contributed by atoms with Crippen molar-refractivity contribution in [2.24, 2.45) is 4.99 Å². The summed E-state index contributed by atoms with van der Waals surface area (Å²) in [6, 6.07) is 9.83. The van der Waals surface area contributed by atoms with Crippen molar-refractivity contribution in [1.29, 1.82) is 0 Å². The van der Waals surface area contributed by atoms with Crippen molar-refractivity contribution in [2.75, 3.05) is 57.8 Å². The number of guanidine groups is 1. The third-order valence-electron chi connectivity index (χ3n) is 5.13. The Bertz CT molecular complexity index is 780. The monoisotopic (exact) mass is 557 g/mol. The number of hydrogen-bond donors (Lipinski definition) is 1. The molecule has 31 heavy (non-hydrogen) atoms. The molecule has 1 saturated heterocycles. The van der Waals surface area contributed by atoms with Gasteiger partial charge in [-0.15, -0.1) is 24.0 Å². The van der Waals surface area contributed by atoms with E-state index in [9.17, 15) is 0 Å². The molecule has 7 nitrogen and oxygen atoms in total. The molecule has 0 atom stereocenters. The van der Waals surface area contributed by atoms with Crippen molar-refractivity contribution >= 4 is 47.5 Å². The van der Waals surface area contributed by atoms with Crippen LogP contribution in [-0.2, 0) is 6.54 Å². The summed E-state index contributed by atoms with van der Waals surface area (Å²) in [6.07, 6.45) is 4.66. The summed E-state index contributed by atoms with van der Waals surface area (Å²) in [5, 5.41) is 4.16. The zero-order valence-corrected chi connectivity index (χ0v) is 21.5. The Morgan fingerprint density at radius 3 is 2.45 bits per heavy atom. The Morgan fingerprint density at radius 2 is 1.81 bits per heavy atom. The van der Waals surface area contributed by atoms with E-state index in [-0.39, 0.29) is 24.0 Å². The van der Waals surface area contributed by atoms with Gasteiger partial charge >= 0.3 is 0 Å². The highest BCUT2D eigenvalue weighted by molar-refractivity contribution is 14.0. The van der Waals surface area contributed by atoms with Gasteiger partial charge in [0.05, 0.1) is 0 Å². The summed E-state index contributed by atoms with van der Waals surface area (Å²) in [6.45, 7) is 9.65. The zero-order valence-electron chi connectivity index (χ0n) is 18.4. The molecule has 1 fully saturated rings. The van der Waals surface area contributed by atoms with Crippen LogP contribution in [0.15, 0.2) is 47.7 Å². The lowest BCUT2D eigenvalue weighted by atomic mass is 10.2. The van der Waals surface area contributed by atoms with Crippen LogP contribution in [0.1, 0.15) is 18.9 Å². The minimum absolute atomic E-state index is 0. The van der Waals surface area contributed by atoms with Gasteiger partial charge in [0.2, 0.25) is 5.95 Å². The van der Waals surface area contributed by atoms with E-state index >= 15 is 0 Å². The fourth-order valence-electron chi connectivity index (χ4n) is 3.51. The van der Waals surface area contributed by atoms with Crippen molar-refractivity contribution in [1.82, 2.24) is 25.1 Å². The molecule has 2 aromatic rings. The van der Waals surface area contributed by atoms with Crippen LogP contribution in [0.3, 0.4) is 0 Å². The second kappa shape index (κ2) is 13.7. The SMILES string of the molecule is CCNC(=NCCCN1CCN(c2ncccn2)CC1)N(C)Cc1ccc(Cl)cc1.I. The maximum Gasteiger partial charge on any atom is 0.225 e. The molecular formula is C22H33ClIN7. The molecule has 0 radical (unpaired) electrons. The van der Waals surface area contributed by atoms with Gasteiger partial charge in [0.15, 0.2) is 5.96 Å². The molecule has 0 unspecified atom stereocenters.